The number of hydrogen-bond donors (Lipinski definition) is 2. The average molecular weight is 503 g/mol. The SMILES string of the molecule is CN=C(NCCCc1nc2ccccc2s1)NCCN(C(C)C)C(C)C.I. The molecule has 152 valence electrons. The Balaban J connectivity index is 0.00000364. The number of para-hydroxylation sites is 1. The Morgan fingerprint density at radius 1 is 1.11 bits per heavy atom. The van der Waals surface area contributed by atoms with Crippen LogP contribution >= 0.6 is 35.3 Å². The molecule has 1 aromatic heterocycles. The number of guanidine groups is 1. The summed E-state index contributed by atoms with van der Waals surface area (Å²) in [7, 11) is 1.82. The zero-order valence-electron chi connectivity index (χ0n) is 17.2. The van der Waals surface area contributed by atoms with Gasteiger partial charge in [-0.1, -0.05) is 12.1 Å². The molecule has 27 heavy (non-hydrogen) atoms. The average Bonchev–Trinajstić information content (AvgIpc) is 3.02. The number of nitrogens with zero attached hydrogens (tertiary/aromatic N) is 3. The first-order chi connectivity index (χ1) is 12.5. The number of nitrogens with one attached hydrogen (secondary N) is 2. The van der Waals surface area contributed by atoms with Gasteiger partial charge >= 0.3 is 0 Å². The van der Waals surface area contributed by atoms with Gasteiger partial charge in [0.25, 0.3) is 0 Å². The highest BCUT2D eigenvalue weighted by molar-refractivity contribution is 14.0. The van der Waals surface area contributed by atoms with E-state index < -0.39 is 0 Å². The van der Waals surface area contributed by atoms with E-state index in [9.17, 15) is 0 Å². The van der Waals surface area contributed by atoms with Crippen LogP contribution < -0.4 is 10.6 Å². The Hall–Kier alpha value is -0.930. The summed E-state index contributed by atoms with van der Waals surface area (Å²) in [4.78, 5) is 11.5. The van der Waals surface area contributed by atoms with Crippen molar-refractivity contribution in [2.24, 2.45) is 4.99 Å². The van der Waals surface area contributed by atoms with E-state index in [1.165, 1.54) is 9.71 Å². The van der Waals surface area contributed by atoms with Crippen LogP contribution in [0.25, 0.3) is 10.2 Å². The van der Waals surface area contributed by atoms with E-state index in [0.717, 1.165) is 44.0 Å². The lowest BCUT2D eigenvalue weighted by atomic mass is 10.2. The highest BCUT2D eigenvalue weighted by Crippen LogP contribution is 2.22. The van der Waals surface area contributed by atoms with Gasteiger partial charge in [-0.2, -0.15) is 0 Å². The molecule has 0 amide bonds. The second kappa shape index (κ2) is 12.5. The molecule has 1 aromatic carbocycles. The zero-order chi connectivity index (χ0) is 18.9. The van der Waals surface area contributed by atoms with Crippen LogP contribution in [0.1, 0.15) is 39.1 Å². The fourth-order valence-electron chi connectivity index (χ4n) is 3.11. The largest absolute Gasteiger partial charge is 0.356 e. The number of halogens is 1. The Kier molecular flexibility index (Phi) is 11.2. The predicted molar refractivity (Wildman–Crippen MR) is 130 cm³/mol. The minimum absolute atomic E-state index is 0. The fourth-order valence-corrected chi connectivity index (χ4v) is 4.12. The summed E-state index contributed by atoms with van der Waals surface area (Å²) in [5.74, 6) is 0.877. The molecule has 0 unspecified atom stereocenters. The molecule has 0 aliphatic heterocycles. The number of hydrogen-bond acceptors (Lipinski definition) is 4. The Labute approximate surface area is 185 Å². The van der Waals surface area contributed by atoms with Crippen LogP contribution in [0.3, 0.4) is 0 Å². The van der Waals surface area contributed by atoms with Crippen LogP contribution in [0.4, 0.5) is 0 Å². The van der Waals surface area contributed by atoms with Gasteiger partial charge in [0.2, 0.25) is 0 Å². The molecular formula is C20H34IN5S. The summed E-state index contributed by atoms with van der Waals surface area (Å²) in [5, 5.41) is 8.03. The molecule has 0 spiro atoms. The number of rotatable bonds is 9. The molecule has 1 heterocycles. The van der Waals surface area contributed by atoms with Gasteiger partial charge in [-0.3, -0.25) is 9.89 Å². The van der Waals surface area contributed by atoms with Crippen LogP contribution in [0.2, 0.25) is 0 Å². The third-order valence-electron chi connectivity index (χ3n) is 4.41. The van der Waals surface area contributed by atoms with E-state index in [2.05, 4.69) is 66.4 Å². The molecule has 0 bridgehead atoms. The topological polar surface area (TPSA) is 52.6 Å². The summed E-state index contributed by atoms with van der Waals surface area (Å²) < 4.78 is 1.27. The highest BCUT2D eigenvalue weighted by Gasteiger charge is 2.12. The maximum atomic E-state index is 4.69. The Morgan fingerprint density at radius 3 is 2.41 bits per heavy atom. The molecule has 0 atom stereocenters. The molecule has 7 heteroatoms. The molecule has 0 saturated carbocycles. The number of benzene rings is 1. The first-order valence-corrected chi connectivity index (χ1v) is 10.4. The van der Waals surface area contributed by atoms with E-state index >= 15 is 0 Å². The quantitative estimate of drug-likeness (QED) is 0.234. The molecule has 2 aromatic rings. The summed E-state index contributed by atoms with van der Waals surface area (Å²) in [6.45, 7) is 11.8. The van der Waals surface area contributed by atoms with Crippen LogP contribution in [-0.2, 0) is 6.42 Å². The van der Waals surface area contributed by atoms with E-state index in [0.29, 0.717) is 12.1 Å². The van der Waals surface area contributed by atoms with Crippen molar-refractivity contribution in [3.63, 3.8) is 0 Å². The van der Waals surface area contributed by atoms with Crippen molar-refractivity contribution in [1.29, 1.82) is 0 Å². The lowest BCUT2D eigenvalue weighted by Crippen LogP contribution is -2.45. The number of fused-ring (bicyclic) bond motifs is 1. The normalized spacial score (nSPS) is 12.1. The van der Waals surface area contributed by atoms with Gasteiger partial charge in [-0.05, 0) is 46.2 Å². The lowest BCUT2D eigenvalue weighted by molar-refractivity contribution is 0.178. The van der Waals surface area contributed by atoms with Crippen LogP contribution in [-0.4, -0.2) is 54.6 Å². The van der Waals surface area contributed by atoms with Gasteiger partial charge in [-0.25, -0.2) is 4.98 Å². The molecular weight excluding hydrogens is 469 g/mol. The zero-order valence-corrected chi connectivity index (χ0v) is 20.3. The maximum Gasteiger partial charge on any atom is 0.191 e. The lowest BCUT2D eigenvalue weighted by Gasteiger charge is -2.30. The number of thiazole rings is 1. The first-order valence-electron chi connectivity index (χ1n) is 9.56. The van der Waals surface area contributed by atoms with Crippen LogP contribution in [0, 0.1) is 0 Å². The van der Waals surface area contributed by atoms with Gasteiger partial charge in [0, 0.05) is 45.2 Å². The molecule has 0 saturated heterocycles. The molecule has 0 fully saturated rings. The Morgan fingerprint density at radius 2 is 1.78 bits per heavy atom. The van der Waals surface area contributed by atoms with E-state index in [1.54, 1.807) is 11.3 Å². The number of aliphatic imine (C=N–C) groups is 1. The van der Waals surface area contributed by atoms with Gasteiger partial charge in [0.1, 0.15) is 0 Å². The smallest absolute Gasteiger partial charge is 0.191 e. The molecule has 2 N–H and O–H groups in total. The monoisotopic (exact) mass is 503 g/mol. The predicted octanol–water partition coefficient (Wildman–Crippen LogP) is 4.13. The summed E-state index contributed by atoms with van der Waals surface area (Å²) >= 11 is 1.79. The van der Waals surface area contributed by atoms with Gasteiger partial charge in [0.05, 0.1) is 15.2 Å². The standard InChI is InChI=1S/C20H33N5S.HI/c1-15(2)25(16(3)4)14-13-23-20(21-5)22-12-8-11-19-24-17-9-6-7-10-18(17)26-19;/h6-7,9-10,15-16H,8,11-14H2,1-5H3,(H2,21,22,23);1H. The molecule has 5 nitrogen and oxygen atoms in total. The summed E-state index contributed by atoms with van der Waals surface area (Å²) in [5.41, 5.74) is 1.11. The molecule has 0 aliphatic rings. The van der Waals surface area contributed by atoms with Crippen molar-refractivity contribution >= 4 is 51.5 Å². The van der Waals surface area contributed by atoms with Crippen molar-refractivity contribution in [3.8, 4) is 0 Å². The molecule has 2 rings (SSSR count). The fraction of sp³-hybridized carbons (Fsp3) is 0.600. The van der Waals surface area contributed by atoms with E-state index in [-0.39, 0.29) is 24.0 Å². The van der Waals surface area contributed by atoms with E-state index in [4.69, 9.17) is 4.98 Å². The van der Waals surface area contributed by atoms with Gasteiger partial charge in [0.15, 0.2) is 5.96 Å². The third kappa shape index (κ3) is 7.91. The Bertz CT molecular complexity index is 657. The van der Waals surface area contributed by atoms with Crippen molar-refractivity contribution in [2.45, 2.75) is 52.6 Å². The van der Waals surface area contributed by atoms with E-state index in [1.807, 2.05) is 13.1 Å². The molecule has 0 radical (unpaired) electrons. The summed E-state index contributed by atoms with van der Waals surface area (Å²) in [6, 6.07) is 9.44. The van der Waals surface area contributed by atoms with Crippen molar-refractivity contribution < 1.29 is 0 Å². The second-order valence-electron chi connectivity index (χ2n) is 7.03. The van der Waals surface area contributed by atoms with Crippen molar-refractivity contribution in [3.05, 3.63) is 29.3 Å². The van der Waals surface area contributed by atoms with Gasteiger partial charge in [-0.15, -0.1) is 35.3 Å². The maximum absolute atomic E-state index is 4.69. The number of aryl methyl sites for hydroxylation is 1. The van der Waals surface area contributed by atoms with Crippen molar-refractivity contribution in [2.75, 3.05) is 26.7 Å². The highest BCUT2D eigenvalue weighted by atomic mass is 127. The minimum Gasteiger partial charge on any atom is -0.356 e. The first kappa shape index (κ1) is 24.1. The van der Waals surface area contributed by atoms with Crippen LogP contribution in [0.5, 0.6) is 0 Å². The second-order valence-corrected chi connectivity index (χ2v) is 8.15. The third-order valence-corrected chi connectivity index (χ3v) is 5.51. The van der Waals surface area contributed by atoms with Crippen LogP contribution in [0.15, 0.2) is 29.3 Å². The van der Waals surface area contributed by atoms with Gasteiger partial charge < -0.3 is 10.6 Å². The van der Waals surface area contributed by atoms with Crippen molar-refractivity contribution in [1.82, 2.24) is 20.5 Å². The minimum atomic E-state index is 0. The number of aromatic nitrogens is 1. The summed E-state index contributed by atoms with van der Waals surface area (Å²) in [6.07, 6.45) is 2.04. The molecule has 0 aliphatic carbocycles.